The van der Waals surface area contributed by atoms with Crippen LogP contribution in [0.25, 0.3) is 0 Å². The number of fused-ring (bicyclic) bond motifs is 1. The highest BCUT2D eigenvalue weighted by atomic mass is 31.0. The molecule has 0 aromatic carbocycles. The standard InChI is InChI=1S/C22H27F5N7OP/c1-12(9-20(28)6-3-15-16(21(23,24)25)18(35)32-31-17(15)20)34-7-4-14(5-8-34)33(2)19-29-10-13(11-30-19)22(26,27)36/h10-11,14H,1,3-9,28,36H2,2H3,(H,32,35). The first-order valence-corrected chi connectivity index (χ1v) is 11.9. The monoisotopic (exact) mass is 531 g/mol. The number of halogens is 5. The Morgan fingerprint density at radius 2 is 1.89 bits per heavy atom. The third-order valence-electron chi connectivity index (χ3n) is 6.98. The molecule has 2 atom stereocenters. The summed E-state index contributed by atoms with van der Waals surface area (Å²) < 4.78 is 67.1. The van der Waals surface area contributed by atoms with Gasteiger partial charge in [0.2, 0.25) is 5.95 Å². The number of likely N-dealkylation sites (tertiary alicyclic amines) is 1. The van der Waals surface area contributed by atoms with Gasteiger partial charge in [0.15, 0.2) is 0 Å². The minimum absolute atomic E-state index is 0.0131. The molecule has 0 bridgehead atoms. The van der Waals surface area contributed by atoms with Gasteiger partial charge in [-0.05, 0) is 31.2 Å². The van der Waals surface area contributed by atoms with Gasteiger partial charge >= 0.3 is 6.18 Å². The molecule has 2 aliphatic rings. The number of alkyl halides is 5. The number of anilines is 1. The van der Waals surface area contributed by atoms with Crippen molar-refractivity contribution in [1.82, 2.24) is 25.1 Å². The summed E-state index contributed by atoms with van der Waals surface area (Å²) in [4.78, 5) is 23.8. The van der Waals surface area contributed by atoms with Crippen molar-refractivity contribution in [3.63, 3.8) is 0 Å². The number of hydrogen-bond donors (Lipinski definition) is 2. The van der Waals surface area contributed by atoms with Crippen LogP contribution < -0.4 is 16.2 Å². The fourth-order valence-corrected chi connectivity index (χ4v) is 5.11. The third-order valence-corrected chi connectivity index (χ3v) is 7.31. The number of piperidine rings is 1. The molecule has 1 aliphatic heterocycles. The van der Waals surface area contributed by atoms with E-state index in [4.69, 9.17) is 5.73 Å². The fraction of sp³-hybridized carbons (Fsp3) is 0.545. The van der Waals surface area contributed by atoms with E-state index in [1.54, 1.807) is 7.05 Å². The van der Waals surface area contributed by atoms with Crippen LogP contribution in [0.1, 0.15) is 48.1 Å². The van der Waals surface area contributed by atoms with Crippen LogP contribution in [0.3, 0.4) is 0 Å². The van der Waals surface area contributed by atoms with Crippen molar-refractivity contribution in [2.75, 3.05) is 25.0 Å². The van der Waals surface area contributed by atoms with Gasteiger partial charge in [-0.2, -0.15) is 27.1 Å². The molecule has 0 amide bonds. The second kappa shape index (κ2) is 9.33. The number of hydrogen-bond acceptors (Lipinski definition) is 7. The maximum Gasteiger partial charge on any atom is 0.422 e. The topological polar surface area (TPSA) is 104 Å². The summed E-state index contributed by atoms with van der Waals surface area (Å²) in [6, 6.07) is 0.0662. The number of nitrogens with one attached hydrogen (secondary N) is 1. The Balaban J connectivity index is 1.40. The second-order valence-electron chi connectivity index (χ2n) is 9.38. The van der Waals surface area contributed by atoms with E-state index in [-0.39, 0.29) is 42.1 Å². The molecule has 2 aromatic rings. The highest BCUT2D eigenvalue weighted by Crippen LogP contribution is 2.42. The second-order valence-corrected chi connectivity index (χ2v) is 10.1. The van der Waals surface area contributed by atoms with Crippen LogP contribution in [-0.2, 0) is 23.8 Å². The van der Waals surface area contributed by atoms with Gasteiger partial charge in [0.25, 0.3) is 11.2 Å². The molecular formula is C22H27F5N7OP. The fourth-order valence-electron chi connectivity index (χ4n) is 4.96. The van der Waals surface area contributed by atoms with E-state index in [0.29, 0.717) is 37.6 Å². The summed E-state index contributed by atoms with van der Waals surface area (Å²) >= 11 is 0. The van der Waals surface area contributed by atoms with Crippen LogP contribution in [-0.4, -0.2) is 51.2 Å². The van der Waals surface area contributed by atoms with Gasteiger partial charge in [-0.1, -0.05) is 15.8 Å². The normalized spacial score (nSPS) is 20.9. The van der Waals surface area contributed by atoms with Crippen molar-refractivity contribution >= 4 is 15.2 Å². The van der Waals surface area contributed by atoms with Crippen LogP contribution >= 0.6 is 9.24 Å². The van der Waals surface area contributed by atoms with E-state index >= 15 is 0 Å². The van der Waals surface area contributed by atoms with E-state index in [1.165, 1.54) is 9.24 Å². The number of nitrogens with zero attached hydrogens (tertiary/aromatic N) is 5. The summed E-state index contributed by atoms with van der Waals surface area (Å²) in [6.45, 7) is 5.36. The number of aromatic amines is 1. The van der Waals surface area contributed by atoms with Crippen molar-refractivity contribution < 1.29 is 22.0 Å². The molecule has 196 valence electrons. The Morgan fingerprint density at radius 3 is 2.44 bits per heavy atom. The molecule has 3 heterocycles. The Hall–Kier alpha value is -2.66. The van der Waals surface area contributed by atoms with E-state index < -0.39 is 28.5 Å². The zero-order valence-corrected chi connectivity index (χ0v) is 20.7. The number of aromatic nitrogens is 4. The van der Waals surface area contributed by atoms with E-state index in [2.05, 4.69) is 21.6 Å². The van der Waals surface area contributed by atoms with E-state index in [1.807, 2.05) is 14.9 Å². The quantitative estimate of drug-likeness (QED) is 0.436. The lowest BCUT2D eigenvalue weighted by molar-refractivity contribution is -0.139. The van der Waals surface area contributed by atoms with Crippen molar-refractivity contribution in [3.8, 4) is 0 Å². The lowest BCUT2D eigenvalue weighted by Crippen LogP contribution is -2.45. The van der Waals surface area contributed by atoms with Crippen LogP contribution in [0.2, 0.25) is 0 Å². The molecular weight excluding hydrogens is 504 g/mol. The molecule has 3 N–H and O–H groups in total. The summed E-state index contributed by atoms with van der Waals surface area (Å²) in [7, 11) is 3.26. The van der Waals surface area contributed by atoms with Crippen molar-refractivity contribution in [2.24, 2.45) is 5.73 Å². The average molecular weight is 531 g/mol. The smallest absolute Gasteiger partial charge is 0.375 e. The molecule has 1 aliphatic carbocycles. The predicted octanol–water partition coefficient (Wildman–Crippen LogP) is 3.11. The predicted molar refractivity (Wildman–Crippen MR) is 126 cm³/mol. The summed E-state index contributed by atoms with van der Waals surface area (Å²) in [5.74, 6) is 0.342. The Kier molecular flexibility index (Phi) is 6.85. The van der Waals surface area contributed by atoms with Crippen molar-refractivity contribution in [1.29, 1.82) is 0 Å². The largest absolute Gasteiger partial charge is 0.422 e. The first-order chi connectivity index (χ1) is 16.7. The average Bonchev–Trinajstić information content (AvgIpc) is 3.13. The van der Waals surface area contributed by atoms with Crippen molar-refractivity contribution in [2.45, 2.75) is 55.5 Å². The van der Waals surface area contributed by atoms with Crippen LogP contribution in [0.15, 0.2) is 29.5 Å². The summed E-state index contributed by atoms with van der Waals surface area (Å²) in [5.41, 5.74) is 0.0532. The first-order valence-electron chi connectivity index (χ1n) is 11.3. The molecule has 4 rings (SSSR count). The number of H-pyrrole nitrogens is 1. The van der Waals surface area contributed by atoms with Crippen LogP contribution in [0.4, 0.5) is 27.9 Å². The lowest BCUT2D eigenvalue weighted by atomic mass is 9.90. The number of rotatable bonds is 6. The van der Waals surface area contributed by atoms with Gasteiger partial charge in [-0.25, -0.2) is 15.1 Å². The molecule has 8 nitrogen and oxygen atoms in total. The van der Waals surface area contributed by atoms with Gasteiger partial charge in [0.1, 0.15) is 5.56 Å². The van der Waals surface area contributed by atoms with Crippen LogP contribution in [0.5, 0.6) is 0 Å². The minimum Gasteiger partial charge on any atom is -0.375 e. The van der Waals surface area contributed by atoms with Gasteiger partial charge in [-0.3, -0.25) is 4.79 Å². The van der Waals surface area contributed by atoms with Crippen LogP contribution in [0, 0.1) is 0 Å². The van der Waals surface area contributed by atoms with Gasteiger partial charge in [0.05, 0.1) is 16.8 Å². The Labute approximate surface area is 206 Å². The zero-order chi connectivity index (χ0) is 26.5. The first kappa shape index (κ1) is 26.4. The molecule has 14 heteroatoms. The molecule has 0 saturated carbocycles. The van der Waals surface area contributed by atoms with E-state index in [0.717, 1.165) is 12.4 Å². The number of nitrogens with two attached hydrogens (primary N) is 1. The summed E-state index contributed by atoms with van der Waals surface area (Å²) in [6.07, 6.45) is -0.739. The third kappa shape index (κ3) is 5.08. The SMILES string of the molecule is C=C(CC1(N)CCc2c1n[nH]c(=O)c2C(F)(F)F)N1CCC(N(C)c2ncc(C(F)(F)P)cn2)CC1. The molecule has 2 unspecified atom stereocenters. The lowest BCUT2D eigenvalue weighted by Gasteiger charge is -2.40. The molecule has 1 saturated heterocycles. The van der Waals surface area contributed by atoms with Crippen molar-refractivity contribution in [3.05, 3.63) is 57.4 Å². The molecule has 0 radical (unpaired) electrons. The Bertz CT molecular complexity index is 1190. The molecule has 1 fully saturated rings. The maximum absolute atomic E-state index is 13.4. The van der Waals surface area contributed by atoms with E-state index in [9.17, 15) is 26.7 Å². The van der Waals surface area contributed by atoms with Gasteiger partial charge in [-0.15, -0.1) is 0 Å². The Morgan fingerprint density at radius 1 is 1.28 bits per heavy atom. The molecule has 0 spiro atoms. The molecule has 36 heavy (non-hydrogen) atoms. The maximum atomic E-state index is 13.4. The highest BCUT2D eigenvalue weighted by molar-refractivity contribution is 7.17. The zero-order valence-electron chi connectivity index (χ0n) is 19.6. The highest BCUT2D eigenvalue weighted by Gasteiger charge is 2.46. The van der Waals surface area contributed by atoms with Gasteiger partial charge < -0.3 is 15.5 Å². The summed E-state index contributed by atoms with van der Waals surface area (Å²) in [5, 5.41) is 5.83. The van der Waals surface area contributed by atoms with Gasteiger partial charge in [0, 0.05) is 50.7 Å². The minimum atomic E-state index is -4.79. The molecule has 2 aromatic heterocycles.